The first-order chi connectivity index (χ1) is 16.1. The lowest BCUT2D eigenvalue weighted by atomic mass is 10.0. The van der Waals surface area contributed by atoms with Crippen LogP contribution in [0.2, 0.25) is 0 Å². The highest BCUT2D eigenvalue weighted by Crippen LogP contribution is 2.38. The Bertz CT molecular complexity index is 1320. The van der Waals surface area contributed by atoms with E-state index < -0.39 is 6.04 Å². The Labute approximate surface area is 197 Å². The van der Waals surface area contributed by atoms with Crippen LogP contribution >= 0.6 is 23.1 Å². The molecule has 1 aliphatic heterocycles. The Hall–Kier alpha value is -3.50. The van der Waals surface area contributed by atoms with E-state index in [0.29, 0.717) is 39.4 Å². The van der Waals surface area contributed by atoms with Gasteiger partial charge in [0.05, 0.1) is 17.5 Å². The molecule has 0 spiro atoms. The summed E-state index contributed by atoms with van der Waals surface area (Å²) < 4.78 is 15.7. The molecule has 0 aliphatic carbocycles. The van der Waals surface area contributed by atoms with Crippen LogP contribution in [0.1, 0.15) is 23.4 Å². The van der Waals surface area contributed by atoms with Crippen LogP contribution in [-0.2, 0) is 10.5 Å². The summed E-state index contributed by atoms with van der Waals surface area (Å²) in [5.74, 6) is 0.448. The van der Waals surface area contributed by atoms with E-state index in [1.54, 1.807) is 58.7 Å². The SMILES string of the molecule is CC1=C(C(=O)Nc2cccnc2)[C@H](c2cccs2)n2nc(SCc3ccccc3F)nc2N1. The molecule has 0 bridgehead atoms. The Balaban J connectivity index is 1.46. The predicted molar refractivity (Wildman–Crippen MR) is 128 cm³/mol. The fourth-order valence-electron chi connectivity index (χ4n) is 3.59. The van der Waals surface area contributed by atoms with E-state index in [2.05, 4.69) is 25.7 Å². The van der Waals surface area contributed by atoms with Gasteiger partial charge in [-0.05, 0) is 42.1 Å². The monoisotopic (exact) mass is 478 g/mol. The van der Waals surface area contributed by atoms with Gasteiger partial charge < -0.3 is 10.6 Å². The highest BCUT2D eigenvalue weighted by molar-refractivity contribution is 7.98. The van der Waals surface area contributed by atoms with Gasteiger partial charge in [-0.1, -0.05) is 36.0 Å². The molecule has 0 radical (unpaired) electrons. The molecule has 0 unspecified atom stereocenters. The van der Waals surface area contributed by atoms with E-state index in [9.17, 15) is 9.18 Å². The van der Waals surface area contributed by atoms with E-state index >= 15 is 0 Å². The quantitative estimate of drug-likeness (QED) is 0.376. The highest BCUT2D eigenvalue weighted by Gasteiger charge is 2.35. The zero-order valence-electron chi connectivity index (χ0n) is 17.5. The summed E-state index contributed by atoms with van der Waals surface area (Å²) >= 11 is 2.89. The summed E-state index contributed by atoms with van der Waals surface area (Å²) in [6.45, 7) is 1.85. The van der Waals surface area contributed by atoms with Crippen LogP contribution < -0.4 is 10.6 Å². The predicted octanol–water partition coefficient (Wildman–Crippen LogP) is 5.09. The van der Waals surface area contributed by atoms with Crippen molar-refractivity contribution < 1.29 is 9.18 Å². The zero-order valence-corrected chi connectivity index (χ0v) is 19.2. The number of pyridine rings is 1. The van der Waals surface area contributed by atoms with Gasteiger partial charge in [0.15, 0.2) is 0 Å². The number of hydrogen-bond acceptors (Lipinski definition) is 7. The molecule has 1 amide bonds. The topological polar surface area (TPSA) is 84.7 Å². The average Bonchev–Trinajstić information content (AvgIpc) is 3.48. The normalized spacial score (nSPS) is 15.2. The number of carbonyl (C=O) groups is 1. The van der Waals surface area contributed by atoms with Crippen LogP contribution in [-0.4, -0.2) is 25.7 Å². The first-order valence-electron chi connectivity index (χ1n) is 10.2. The second kappa shape index (κ2) is 9.16. The standard InChI is InChI=1S/C23H19FN6OS2/c1-14-19(21(31)27-16-7-4-10-25-12-16)20(18-9-5-11-32-18)30-22(26-14)28-23(29-30)33-13-15-6-2-3-8-17(15)24/h2-12,20H,13H2,1H3,(H,27,31)(H,26,28,29)/t20-/m0/s1. The first-order valence-corrected chi connectivity index (χ1v) is 12.0. The summed E-state index contributed by atoms with van der Waals surface area (Å²) in [5.41, 5.74) is 2.44. The van der Waals surface area contributed by atoms with Crippen LogP contribution in [0.15, 0.2) is 82.7 Å². The molecular formula is C23H19FN6OS2. The maximum atomic E-state index is 14.0. The molecule has 33 heavy (non-hydrogen) atoms. The van der Waals surface area contributed by atoms with E-state index in [1.807, 2.05) is 24.4 Å². The molecule has 0 fully saturated rings. The summed E-state index contributed by atoms with van der Waals surface area (Å²) in [6.07, 6.45) is 3.25. The molecule has 4 heterocycles. The van der Waals surface area contributed by atoms with E-state index in [4.69, 9.17) is 0 Å². The number of fused-ring (bicyclic) bond motifs is 1. The molecule has 4 aromatic rings. The number of anilines is 2. The molecule has 7 nitrogen and oxygen atoms in total. The number of amides is 1. The smallest absolute Gasteiger partial charge is 0.255 e. The van der Waals surface area contributed by atoms with Gasteiger partial charge in [-0.2, -0.15) is 4.98 Å². The van der Waals surface area contributed by atoms with Crippen LogP contribution in [0.3, 0.4) is 0 Å². The van der Waals surface area contributed by atoms with Crippen LogP contribution in [0.5, 0.6) is 0 Å². The molecule has 3 aromatic heterocycles. The number of hydrogen-bond donors (Lipinski definition) is 2. The maximum Gasteiger partial charge on any atom is 0.255 e. The van der Waals surface area contributed by atoms with Crippen molar-refractivity contribution in [2.45, 2.75) is 23.9 Å². The zero-order chi connectivity index (χ0) is 22.8. The molecule has 0 saturated heterocycles. The number of aromatic nitrogens is 4. The first kappa shape index (κ1) is 21.4. The minimum absolute atomic E-state index is 0.242. The summed E-state index contributed by atoms with van der Waals surface area (Å²) in [5, 5.41) is 13.3. The Morgan fingerprint density at radius 1 is 1.24 bits per heavy atom. The van der Waals surface area contributed by atoms with Gasteiger partial charge in [0.2, 0.25) is 11.1 Å². The molecule has 0 saturated carbocycles. The van der Waals surface area contributed by atoms with Gasteiger partial charge in [0.25, 0.3) is 5.91 Å². The van der Waals surface area contributed by atoms with E-state index in [-0.39, 0.29) is 11.7 Å². The highest BCUT2D eigenvalue weighted by atomic mass is 32.2. The van der Waals surface area contributed by atoms with Crippen molar-refractivity contribution in [2.24, 2.45) is 0 Å². The average molecular weight is 479 g/mol. The number of carbonyl (C=O) groups excluding carboxylic acids is 1. The Morgan fingerprint density at radius 3 is 2.88 bits per heavy atom. The van der Waals surface area contributed by atoms with Crippen molar-refractivity contribution in [2.75, 3.05) is 10.6 Å². The van der Waals surface area contributed by atoms with Crippen molar-refractivity contribution in [1.29, 1.82) is 0 Å². The molecule has 1 atom stereocenters. The lowest BCUT2D eigenvalue weighted by molar-refractivity contribution is -0.113. The summed E-state index contributed by atoms with van der Waals surface area (Å²) in [6, 6.07) is 13.7. The number of thiophene rings is 1. The lowest BCUT2D eigenvalue weighted by Crippen LogP contribution is -2.31. The van der Waals surface area contributed by atoms with Crippen LogP contribution in [0.25, 0.3) is 0 Å². The third kappa shape index (κ3) is 4.39. The number of nitrogens with zero attached hydrogens (tertiary/aromatic N) is 4. The number of allylic oxidation sites excluding steroid dienone is 1. The molecule has 1 aliphatic rings. The Morgan fingerprint density at radius 2 is 2.12 bits per heavy atom. The number of rotatable bonds is 6. The van der Waals surface area contributed by atoms with Crippen molar-refractivity contribution >= 4 is 40.6 Å². The van der Waals surface area contributed by atoms with Gasteiger partial charge in [0.1, 0.15) is 11.9 Å². The third-order valence-electron chi connectivity index (χ3n) is 5.12. The minimum Gasteiger partial charge on any atom is -0.328 e. The molecule has 1 aromatic carbocycles. The van der Waals surface area contributed by atoms with Crippen LogP contribution in [0, 0.1) is 5.82 Å². The number of benzene rings is 1. The van der Waals surface area contributed by atoms with E-state index in [0.717, 1.165) is 4.88 Å². The molecule has 2 N–H and O–H groups in total. The van der Waals surface area contributed by atoms with Crippen molar-refractivity contribution in [3.05, 3.63) is 93.8 Å². The maximum absolute atomic E-state index is 14.0. The van der Waals surface area contributed by atoms with Gasteiger partial charge in [-0.25, -0.2) is 9.07 Å². The minimum atomic E-state index is -0.437. The summed E-state index contributed by atoms with van der Waals surface area (Å²) in [7, 11) is 0. The number of nitrogens with one attached hydrogen (secondary N) is 2. The van der Waals surface area contributed by atoms with Crippen molar-refractivity contribution in [3.8, 4) is 0 Å². The molecule has 166 valence electrons. The van der Waals surface area contributed by atoms with Crippen LogP contribution in [0.4, 0.5) is 16.0 Å². The fourth-order valence-corrected chi connectivity index (χ4v) is 5.22. The lowest BCUT2D eigenvalue weighted by Gasteiger charge is -2.27. The Kier molecular flexibility index (Phi) is 5.93. The molecule has 10 heteroatoms. The van der Waals surface area contributed by atoms with Gasteiger partial charge in [-0.15, -0.1) is 16.4 Å². The van der Waals surface area contributed by atoms with Crippen molar-refractivity contribution in [3.63, 3.8) is 0 Å². The van der Waals surface area contributed by atoms with Gasteiger partial charge in [0, 0.05) is 22.5 Å². The third-order valence-corrected chi connectivity index (χ3v) is 6.94. The number of halogens is 1. The second-order valence-electron chi connectivity index (χ2n) is 7.32. The van der Waals surface area contributed by atoms with Gasteiger partial charge >= 0.3 is 0 Å². The second-order valence-corrected chi connectivity index (χ2v) is 9.24. The molecule has 5 rings (SSSR count). The van der Waals surface area contributed by atoms with E-state index in [1.165, 1.54) is 17.8 Å². The fraction of sp³-hybridized carbons (Fsp3) is 0.130. The molecular weight excluding hydrogens is 459 g/mol. The summed E-state index contributed by atoms with van der Waals surface area (Å²) in [4.78, 5) is 22.9. The number of thioether (sulfide) groups is 1. The largest absolute Gasteiger partial charge is 0.328 e. The van der Waals surface area contributed by atoms with Gasteiger partial charge in [-0.3, -0.25) is 9.78 Å². The van der Waals surface area contributed by atoms with Crippen molar-refractivity contribution in [1.82, 2.24) is 19.7 Å².